The molecule has 0 aliphatic carbocycles. The Morgan fingerprint density at radius 3 is 2.46 bits per heavy atom. The molecule has 3 rings (SSSR count). The zero-order valence-corrected chi connectivity index (χ0v) is 16.5. The first-order valence-electron chi connectivity index (χ1n) is 10.4. The minimum absolute atomic E-state index is 0.130. The molecule has 4 heteroatoms. The van der Waals surface area contributed by atoms with Gasteiger partial charge < -0.3 is 9.47 Å². The molecule has 1 aromatic heterocycles. The number of hydrogen-bond acceptors (Lipinski definition) is 2. The second-order valence-corrected chi connectivity index (χ2v) is 7.86. The molecule has 1 aromatic carbocycles. The molecule has 1 fully saturated rings. The van der Waals surface area contributed by atoms with Crippen LogP contribution in [0.2, 0.25) is 0 Å². The monoisotopic (exact) mass is 359 g/mol. The van der Waals surface area contributed by atoms with Crippen molar-refractivity contribution in [2.24, 2.45) is 0 Å². The second-order valence-electron chi connectivity index (χ2n) is 7.86. The van der Waals surface area contributed by atoms with Crippen LogP contribution in [0, 0.1) is 5.82 Å². The lowest BCUT2D eigenvalue weighted by Gasteiger charge is -2.32. The third-order valence-electron chi connectivity index (χ3n) is 5.67. The molecule has 0 spiro atoms. The standard InChI is InChI=1S/C22H34FN3/c1-3-4-5-6-7-8-11-26-18-19(17-25-14-12-24(2)13-15-25)21-16-20(23)9-10-22(21)26/h9-10,16,18H,3-8,11-15,17H2,1-2H3. The Hall–Kier alpha value is -1.39. The molecule has 0 atom stereocenters. The molecule has 0 unspecified atom stereocenters. The van der Waals surface area contributed by atoms with Crippen molar-refractivity contribution in [3.05, 3.63) is 35.8 Å². The molecular weight excluding hydrogens is 325 g/mol. The summed E-state index contributed by atoms with van der Waals surface area (Å²) in [7, 11) is 2.18. The third kappa shape index (κ3) is 5.08. The maximum Gasteiger partial charge on any atom is 0.123 e. The highest BCUT2D eigenvalue weighted by atomic mass is 19.1. The van der Waals surface area contributed by atoms with E-state index in [2.05, 4.69) is 34.5 Å². The van der Waals surface area contributed by atoms with Crippen molar-refractivity contribution in [2.75, 3.05) is 33.2 Å². The van der Waals surface area contributed by atoms with Gasteiger partial charge in [0.25, 0.3) is 0 Å². The first kappa shape index (κ1) is 19.4. The van der Waals surface area contributed by atoms with Crippen LogP contribution in [0.25, 0.3) is 10.9 Å². The maximum absolute atomic E-state index is 13.9. The predicted molar refractivity (Wildman–Crippen MR) is 108 cm³/mol. The van der Waals surface area contributed by atoms with Crippen LogP contribution in [0.3, 0.4) is 0 Å². The number of nitrogens with zero attached hydrogens (tertiary/aromatic N) is 3. The molecule has 1 aliphatic heterocycles. The molecule has 3 nitrogen and oxygen atoms in total. The van der Waals surface area contributed by atoms with Gasteiger partial charge in [0.05, 0.1) is 0 Å². The Bertz CT molecular complexity index is 686. The smallest absolute Gasteiger partial charge is 0.123 e. The first-order valence-corrected chi connectivity index (χ1v) is 10.4. The lowest BCUT2D eigenvalue weighted by Crippen LogP contribution is -2.43. The molecule has 0 amide bonds. The van der Waals surface area contributed by atoms with Crippen molar-refractivity contribution in [3.8, 4) is 0 Å². The normalized spacial score (nSPS) is 16.6. The van der Waals surface area contributed by atoms with Crippen LogP contribution in [0.4, 0.5) is 4.39 Å². The van der Waals surface area contributed by atoms with Crippen LogP contribution < -0.4 is 0 Å². The van der Waals surface area contributed by atoms with Gasteiger partial charge in [-0.3, -0.25) is 4.90 Å². The van der Waals surface area contributed by atoms with Gasteiger partial charge in [-0.2, -0.15) is 0 Å². The molecule has 144 valence electrons. The van der Waals surface area contributed by atoms with Crippen molar-refractivity contribution in [2.45, 2.75) is 58.5 Å². The van der Waals surface area contributed by atoms with E-state index in [1.54, 1.807) is 12.1 Å². The van der Waals surface area contributed by atoms with E-state index in [4.69, 9.17) is 0 Å². The summed E-state index contributed by atoms with van der Waals surface area (Å²) in [6, 6.07) is 5.27. The summed E-state index contributed by atoms with van der Waals surface area (Å²) in [5, 5.41) is 1.09. The van der Waals surface area contributed by atoms with Crippen molar-refractivity contribution >= 4 is 10.9 Å². The zero-order valence-electron chi connectivity index (χ0n) is 16.5. The number of piperazine rings is 1. The number of fused-ring (bicyclic) bond motifs is 1. The van der Waals surface area contributed by atoms with Crippen LogP contribution in [-0.2, 0) is 13.1 Å². The van der Waals surface area contributed by atoms with Gasteiger partial charge in [0.15, 0.2) is 0 Å². The number of hydrogen-bond donors (Lipinski definition) is 0. The number of rotatable bonds is 9. The first-order chi connectivity index (χ1) is 12.7. The van der Waals surface area contributed by atoms with Gasteiger partial charge in [0.2, 0.25) is 0 Å². The van der Waals surface area contributed by atoms with E-state index in [1.165, 1.54) is 49.6 Å². The van der Waals surface area contributed by atoms with Crippen LogP contribution in [0.5, 0.6) is 0 Å². The summed E-state index contributed by atoms with van der Waals surface area (Å²) in [4.78, 5) is 4.87. The molecular formula is C22H34FN3. The molecule has 26 heavy (non-hydrogen) atoms. The van der Waals surface area contributed by atoms with Gasteiger partial charge in [0.1, 0.15) is 5.82 Å². The van der Waals surface area contributed by atoms with Crippen LogP contribution in [0.1, 0.15) is 51.0 Å². The maximum atomic E-state index is 13.9. The fraction of sp³-hybridized carbons (Fsp3) is 0.636. The molecule has 0 radical (unpaired) electrons. The van der Waals surface area contributed by atoms with E-state index in [9.17, 15) is 4.39 Å². The minimum Gasteiger partial charge on any atom is -0.347 e. The van der Waals surface area contributed by atoms with Crippen LogP contribution >= 0.6 is 0 Å². The second kappa shape index (κ2) is 9.52. The van der Waals surface area contributed by atoms with Crippen molar-refractivity contribution < 1.29 is 4.39 Å². The van der Waals surface area contributed by atoms with Gasteiger partial charge in [-0.1, -0.05) is 39.0 Å². The van der Waals surface area contributed by atoms with Gasteiger partial charge in [-0.05, 0) is 37.2 Å². The highest BCUT2D eigenvalue weighted by Crippen LogP contribution is 2.25. The van der Waals surface area contributed by atoms with Gasteiger partial charge >= 0.3 is 0 Å². The topological polar surface area (TPSA) is 11.4 Å². The Morgan fingerprint density at radius 2 is 1.69 bits per heavy atom. The van der Waals surface area contributed by atoms with E-state index >= 15 is 0 Å². The highest BCUT2D eigenvalue weighted by molar-refractivity contribution is 5.84. The van der Waals surface area contributed by atoms with Crippen molar-refractivity contribution in [3.63, 3.8) is 0 Å². The van der Waals surface area contributed by atoms with Crippen LogP contribution in [0.15, 0.2) is 24.4 Å². The number of halogens is 1. The van der Waals surface area contributed by atoms with E-state index in [0.717, 1.165) is 44.7 Å². The summed E-state index contributed by atoms with van der Waals surface area (Å²) in [6.45, 7) is 8.64. The fourth-order valence-corrected chi connectivity index (χ4v) is 3.96. The fourth-order valence-electron chi connectivity index (χ4n) is 3.96. The van der Waals surface area contributed by atoms with Gasteiger partial charge in [-0.25, -0.2) is 4.39 Å². The minimum atomic E-state index is -0.130. The number of benzene rings is 1. The van der Waals surface area contributed by atoms with Crippen LogP contribution in [-0.4, -0.2) is 47.6 Å². The van der Waals surface area contributed by atoms with Gasteiger partial charge in [0, 0.05) is 56.4 Å². The predicted octanol–water partition coefficient (Wildman–Crippen LogP) is 4.89. The SMILES string of the molecule is CCCCCCCCn1cc(CN2CCN(C)CC2)c2cc(F)ccc21. The molecule has 1 aliphatic rings. The average molecular weight is 360 g/mol. The van der Waals surface area contributed by atoms with Gasteiger partial charge in [-0.15, -0.1) is 0 Å². The van der Waals surface area contributed by atoms with E-state index in [1.807, 2.05) is 6.07 Å². The molecule has 0 bridgehead atoms. The van der Waals surface area contributed by atoms with Crippen molar-refractivity contribution in [1.29, 1.82) is 0 Å². The number of likely N-dealkylation sites (N-methyl/N-ethyl adjacent to an activating group) is 1. The van der Waals surface area contributed by atoms with E-state index < -0.39 is 0 Å². The molecule has 2 aromatic rings. The molecule has 0 N–H and O–H groups in total. The zero-order chi connectivity index (χ0) is 18.4. The lowest BCUT2D eigenvalue weighted by molar-refractivity contribution is 0.148. The Kier molecular flexibility index (Phi) is 7.09. The van der Waals surface area contributed by atoms with E-state index in [-0.39, 0.29) is 5.82 Å². The lowest BCUT2D eigenvalue weighted by atomic mass is 10.1. The molecule has 0 saturated carbocycles. The summed E-state index contributed by atoms with van der Waals surface area (Å²) in [5.41, 5.74) is 2.46. The average Bonchev–Trinajstić information content (AvgIpc) is 2.97. The van der Waals surface area contributed by atoms with Crippen molar-refractivity contribution in [1.82, 2.24) is 14.4 Å². The van der Waals surface area contributed by atoms with E-state index in [0.29, 0.717) is 0 Å². The summed E-state index contributed by atoms with van der Waals surface area (Å²) < 4.78 is 16.2. The number of unbranched alkanes of at least 4 members (excludes halogenated alkanes) is 5. The quantitative estimate of drug-likeness (QED) is 0.591. The summed E-state index contributed by atoms with van der Waals surface area (Å²) in [5.74, 6) is -0.130. The largest absolute Gasteiger partial charge is 0.347 e. The summed E-state index contributed by atoms with van der Waals surface area (Å²) in [6.07, 6.45) is 10.1. The number of aryl methyl sites for hydroxylation is 1. The summed E-state index contributed by atoms with van der Waals surface area (Å²) >= 11 is 0. The Balaban J connectivity index is 1.66. The highest BCUT2D eigenvalue weighted by Gasteiger charge is 2.17. The number of aromatic nitrogens is 1. The molecule has 1 saturated heterocycles. The Labute approximate surface area is 157 Å². The third-order valence-corrected chi connectivity index (χ3v) is 5.67. The molecule has 2 heterocycles. The Morgan fingerprint density at radius 1 is 0.962 bits per heavy atom.